The molecule has 0 amide bonds. The summed E-state index contributed by atoms with van der Waals surface area (Å²) in [4.78, 5) is 10.7. The van der Waals surface area contributed by atoms with Crippen molar-refractivity contribution in [3.05, 3.63) is 121 Å². The first-order chi connectivity index (χ1) is 18.8. The first-order valence-electron chi connectivity index (χ1n) is 12.5. The lowest BCUT2D eigenvalue weighted by molar-refractivity contribution is 1.16. The van der Waals surface area contributed by atoms with Crippen molar-refractivity contribution in [3.8, 4) is 22.3 Å². The number of hydrogen-bond acceptors (Lipinski definition) is 4. The van der Waals surface area contributed by atoms with Crippen molar-refractivity contribution in [1.82, 2.24) is 0 Å². The molecule has 0 aromatic heterocycles. The van der Waals surface area contributed by atoms with Gasteiger partial charge in [-0.1, -0.05) is 132 Å². The molecular weight excluding hydrogens is 537 g/mol. The minimum Gasteiger partial charge on any atom is -0.0877 e. The van der Waals surface area contributed by atoms with E-state index in [0.717, 1.165) is 0 Å². The lowest BCUT2D eigenvalue weighted by atomic mass is 9.91. The molecule has 8 rings (SSSR count). The van der Waals surface area contributed by atoms with Gasteiger partial charge >= 0.3 is 0 Å². The Labute approximate surface area is 239 Å². The highest BCUT2D eigenvalue weighted by atomic mass is 32.2. The molecule has 0 unspecified atom stereocenters. The van der Waals surface area contributed by atoms with Crippen molar-refractivity contribution in [3.63, 3.8) is 0 Å². The summed E-state index contributed by atoms with van der Waals surface area (Å²) in [7, 11) is 0. The summed E-state index contributed by atoms with van der Waals surface area (Å²) in [5.74, 6) is 0. The SMILES string of the molecule is c1ccc2c(c1)Sc1cccc(-c3cccc4cccc(-c5cccc6c5Sc5ccccc5S6)c34)c1S2. The second-order valence-electron chi connectivity index (χ2n) is 9.28. The molecule has 0 saturated carbocycles. The smallest absolute Gasteiger partial charge is 0.0341 e. The fraction of sp³-hybridized carbons (Fsp3) is 0. The van der Waals surface area contributed by atoms with Gasteiger partial charge in [-0.05, 0) is 69.4 Å². The maximum atomic E-state index is 2.31. The summed E-state index contributed by atoms with van der Waals surface area (Å²) in [6.07, 6.45) is 0. The van der Waals surface area contributed by atoms with Gasteiger partial charge < -0.3 is 0 Å². The molecule has 2 aliphatic heterocycles. The zero-order valence-corrected chi connectivity index (χ0v) is 23.4. The molecule has 0 nitrogen and oxygen atoms in total. The maximum absolute atomic E-state index is 2.31. The number of hydrogen-bond donors (Lipinski definition) is 0. The zero-order chi connectivity index (χ0) is 25.1. The third-order valence-corrected chi connectivity index (χ3v) is 12.2. The van der Waals surface area contributed by atoms with Gasteiger partial charge in [-0.15, -0.1) is 0 Å². The van der Waals surface area contributed by atoms with Crippen molar-refractivity contribution < 1.29 is 0 Å². The Morgan fingerprint density at radius 3 is 1.13 bits per heavy atom. The second-order valence-corrected chi connectivity index (χ2v) is 13.5. The number of fused-ring (bicyclic) bond motifs is 5. The van der Waals surface area contributed by atoms with Crippen molar-refractivity contribution in [2.24, 2.45) is 0 Å². The van der Waals surface area contributed by atoms with Gasteiger partial charge in [0.05, 0.1) is 0 Å². The van der Waals surface area contributed by atoms with Crippen LogP contribution in [0, 0.1) is 0 Å². The molecule has 0 N–H and O–H groups in total. The van der Waals surface area contributed by atoms with Gasteiger partial charge in [0.1, 0.15) is 0 Å². The first-order valence-corrected chi connectivity index (χ1v) is 15.8. The van der Waals surface area contributed by atoms with Crippen LogP contribution in [0.2, 0.25) is 0 Å². The van der Waals surface area contributed by atoms with E-state index >= 15 is 0 Å². The van der Waals surface area contributed by atoms with Crippen LogP contribution in [0.1, 0.15) is 0 Å². The molecule has 2 heterocycles. The minimum atomic E-state index is 1.28. The Hall–Kier alpha value is -3.02. The van der Waals surface area contributed by atoms with Gasteiger partial charge in [-0.3, -0.25) is 0 Å². The van der Waals surface area contributed by atoms with Crippen molar-refractivity contribution in [2.45, 2.75) is 39.2 Å². The van der Waals surface area contributed by atoms with Crippen molar-refractivity contribution in [1.29, 1.82) is 0 Å². The Morgan fingerprint density at radius 1 is 0.289 bits per heavy atom. The summed E-state index contributed by atoms with van der Waals surface area (Å²) < 4.78 is 0. The molecule has 0 saturated heterocycles. The molecule has 6 aromatic rings. The van der Waals surface area contributed by atoms with Crippen LogP contribution in [-0.4, -0.2) is 0 Å². The number of benzene rings is 6. The highest BCUT2D eigenvalue weighted by Gasteiger charge is 2.24. The van der Waals surface area contributed by atoms with Crippen LogP contribution in [0.25, 0.3) is 33.0 Å². The Kier molecular flexibility index (Phi) is 5.62. The second kappa shape index (κ2) is 9.32. The molecule has 0 bridgehead atoms. The molecule has 4 heteroatoms. The summed E-state index contributed by atoms with van der Waals surface area (Å²) in [6.45, 7) is 0. The average Bonchev–Trinajstić information content (AvgIpc) is 2.98. The normalized spacial score (nSPS) is 13.4. The van der Waals surface area contributed by atoms with Crippen LogP contribution in [0.15, 0.2) is 160 Å². The molecule has 0 aliphatic carbocycles. The molecule has 2 aliphatic rings. The molecule has 180 valence electrons. The van der Waals surface area contributed by atoms with Crippen LogP contribution in [0.3, 0.4) is 0 Å². The van der Waals surface area contributed by atoms with Gasteiger partial charge in [-0.25, -0.2) is 0 Å². The zero-order valence-electron chi connectivity index (χ0n) is 20.2. The van der Waals surface area contributed by atoms with Crippen molar-refractivity contribution in [2.75, 3.05) is 0 Å². The van der Waals surface area contributed by atoms with Gasteiger partial charge in [0, 0.05) is 39.2 Å². The van der Waals surface area contributed by atoms with E-state index in [2.05, 4.69) is 121 Å². The van der Waals surface area contributed by atoms with Crippen LogP contribution in [-0.2, 0) is 0 Å². The lowest BCUT2D eigenvalue weighted by Gasteiger charge is -2.23. The van der Waals surface area contributed by atoms with E-state index in [4.69, 9.17) is 0 Å². The van der Waals surface area contributed by atoms with E-state index < -0.39 is 0 Å². The highest BCUT2D eigenvalue weighted by Crippen LogP contribution is 2.55. The van der Waals surface area contributed by atoms with E-state index in [0.29, 0.717) is 0 Å². The quantitative estimate of drug-likeness (QED) is 0.208. The van der Waals surface area contributed by atoms with E-state index in [9.17, 15) is 0 Å². The predicted octanol–water partition coefficient (Wildman–Crippen LogP) is 11.4. The number of rotatable bonds is 2. The molecule has 38 heavy (non-hydrogen) atoms. The van der Waals surface area contributed by atoms with Crippen molar-refractivity contribution >= 4 is 57.8 Å². The summed E-state index contributed by atoms with van der Waals surface area (Å²) >= 11 is 7.57. The molecule has 0 spiro atoms. The highest BCUT2D eigenvalue weighted by molar-refractivity contribution is 8.05. The average molecular weight is 557 g/mol. The summed E-state index contributed by atoms with van der Waals surface area (Å²) in [6, 6.07) is 44.6. The van der Waals surface area contributed by atoms with Gasteiger partial charge in [-0.2, -0.15) is 0 Å². The Balaban J connectivity index is 1.34. The Morgan fingerprint density at radius 2 is 0.658 bits per heavy atom. The minimum absolute atomic E-state index is 1.28. The van der Waals surface area contributed by atoms with E-state index in [1.165, 1.54) is 72.2 Å². The third-order valence-electron chi connectivity index (χ3n) is 7.01. The molecule has 0 fully saturated rings. The topological polar surface area (TPSA) is 0 Å². The first kappa shape index (κ1) is 22.9. The van der Waals surface area contributed by atoms with Crippen LogP contribution >= 0.6 is 47.0 Å². The predicted molar refractivity (Wildman–Crippen MR) is 164 cm³/mol. The van der Waals surface area contributed by atoms with Gasteiger partial charge in [0.25, 0.3) is 0 Å². The molecule has 6 aromatic carbocycles. The molecule has 0 radical (unpaired) electrons. The largest absolute Gasteiger partial charge is 0.0877 e. The fourth-order valence-electron chi connectivity index (χ4n) is 5.31. The van der Waals surface area contributed by atoms with Crippen LogP contribution in [0.4, 0.5) is 0 Å². The van der Waals surface area contributed by atoms with Gasteiger partial charge in [0.2, 0.25) is 0 Å². The van der Waals surface area contributed by atoms with E-state index in [1.54, 1.807) is 0 Å². The van der Waals surface area contributed by atoms with Crippen LogP contribution in [0.5, 0.6) is 0 Å². The van der Waals surface area contributed by atoms with E-state index in [1.807, 2.05) is 47.0 Å². The maximum Gasteiger partial charge on any atom is 0.0341 e. The Bertz CT molecular complexity index is 1750. The summed E-state index contributed by atoms with van der Waals surface area (Å²) in [5.41, 5.74) is 5.22. The third kappa shape index (κ3) is 3.74. The molecular formula is C34H20S4. The standard InChI is InChI=1S/C34H20S4/c1-3-17-28-26(15-1)35-30-19-7-13-24(33(30)37-28)22-11-5-9-21-10-6-12-23(32(21)22)25-14-8-20-31-34(25)38-29-18-4-2-16-27(29)36-31/h1-20H. The van der Waals surface area contributed by atoms with Gasteiger partial charge in [0.15, 0.2) is 0 Å². The fourth-order valence-corrected chi connectivity index (χ4v) is 10.1. The van der Waals surface area contributed by atoms with E-state index in [-0.39, 0.29) is 0 Å². The monoisotopic (exact) mass is 556 g/mol. The summed E-state index contributed by atoms with van der Waals surface area (Å²) in [5, 5.41) is 2.60. The lowest BCUT2D eigenvalue weighted by Crippen LogP contribution is -1.95. The van der Waals surface area contributed by atoms with Crippen LogP contribution < -0.4 is 0 Å². The molecule has 0 atom stereocenters.